The number of nitrogens with zero attached hydrogens (tertiary/aromatic N) is 1. The molecule has 3 heterocycles. The van der Waals surface area contributed by atoms with Crippen LogP contribution in [0.25, 0.3) is 0 Å². The van der Waals surface area contributed by atoms with E-state index in [0.717, 1.165) is 0 Å². The van der Waals surface area contributed by atoms with Gasteiger partial charge in [-0.2, -0.15) is 4.57 Å². The standard InChI is InChI=1S/C14H19N2O8P/c1-14(2)23-10-9(7-21-25(18,19)20)22-13(11(10)24-14)16-5-3-4-8(6-16)12(15)17/h3-6,9-11,13H,7H2,1-2H3,(H3-,15,17,18,19,20)/p+1/t9-,10-,11-,13-/m1/s1. The summed E-state index contributed by atoms with van der Waals surface area (Å²) in [6.07, 6.45) is 0.635. The lowest BCUT2D eigenvalue weighted by Gasteiger charge is -2.22. The minimum atomic E-state index is -4.64. The second kappa shape index (κ2) is 6.40. The summed E-state index contributed by atoms with van der Waals surface area (Å²) in [6, 6.07) is 3.20. The van der Waals surface area contributed by atoms with Crippen LogP contribution in [0.5, 0.6) is 0 Å². The number of hydrogen-bond acceptors (Lipinski definition) is 6. The molecule has 0 unspecified atom stereocenters. The van der Waals surface area contributed by atoms with Crippen molar-refractivity contribution in [2.75, 3.05) is 6.61 Å². The number of carbonyl (C=O) groups excluding carboxylic acids is 1. The average molecular weight is 375 g/mol. The van der Waals surface area contributed by atoms with Crippen molar-refractivity contribution in [2.45, 2.75) is 44.2 Å². The van der Waals surface area contributed by atoms with Crippen LogP contribution in [0.3, 0.4) is 0 Å². The van der Waals surface area contributed by atoms with Gasteiger partial charge in [0, 0.05) is 6.07 Å². The Balaban J connectivity index is 1.86. The van der Waals surface area contributed by atoms with Gasteiger partial charge in [0.25, 0.3) is 12.1 Å². The number of carbonyl (C=O) groups is 1. The summed E-state index contributed by atoms with van der Waals surface area (Å²) in [7, 11) is -4.64. The number of phosphoric acid groups is 1. The Bertz CT molecular complexity index is 721. The zero-order valence-corrected chi connectivity index (χ0v) is 14.5. The molecule has 0 aromatic carbocycles. The van der Waals surface area contributed by atoms with Crippen LogP contribution in [0, 0.1) is 0 Å². The second-order valence-electron chi connectivity index (χ2n) is 6.32. The third-order valence-electron chi connectivity index (χ3n) is 3.93. The topological polar surface area (TPSA) is 141 Å². The summed E-state index contributed by atoms with van der Waals surface area (Å²) >= 11 is 0. The molecule has 138 valence electrons. The lowest BCUT2D eigenvalue weighted by molar-refractivity contribution is -0.766. The summed E-state index contributed by atoms with van der Waals surface area (Å²) in [5.74, 6) is -1.48. The molecule has 0 bridgehead atoms. The van der Waals surface area contributed by atoms with Crippen LogP contribution < -0.4 is 10.3 Å². The Labute approximate surface area is 143 Å². The van der Waals surface area contributed by atoms with Crippen LogP contribution >= 0.6 is 7.82 Å². The first-order chi connectivity index (χ1) is 11.6. The highest BCUT2D eigenvalue weighted by Gasteiger charge is 2.59. The highest BCUT2D eigenvalue weighted by molar-refractivity contribution is 7.46. The third kappa shape index (κ3) is 4.06. The number of phosphoric ester groups is 1. The Morgan fingerprint density at radius 3 is 2.72 bits per heavy atom. The molecule has 2 aliphatic rings. The second-order valence-corrected chi connectivity index (χ2v) is 7.56. The number of pyridine rings is 1. The van der Waals surface area contributed by atoms with E-state index in [2.05, 4.69) is 4.52 Å². The van der Waals surface area contributed by atoms with Gasteiger partial charge >= 0.3 is 7.82 Å². The first-order valence-corrected chi connectivity index (χ1v) is 9.10. The SMILES string of the molecule is CC1(C)O[C@@H]2[C@H](O1)[C@@H](COP(=O)(O)O)O[C@H]2[n+]1cccc(C(N)=O)c1. The normalized spacial score (nSPS) is 31.0. The number of primary amides is 1. The molecule has 2 aliphatic heterocycles. The van der Waals surface area contributed by atoms with Gasteiger partial charge in [0.1, 0.15) is 17.8 Å². The van der Waals surface area contributed by atoms with E-state index in [0.29, 0.717) is 0 Å². The number of rotatable bonds is 5. The monoisotopic (exact) mass is 375 g/mol. The van der Waals surface area contributed by atoms with Crippen molar-refractivity contribution in [3.8, 4) is 0 Å². The lowest BCUT2D eigenvalue weighted by atomic mass is 10.1. The summed E-state index contributed by atoms with van der Waals surface area (Å²) in [4.78, 5) is 29.2. The van der Waals surface area contributed by atoms with Crippen molar-refractivity contribution in [1.82, 2.24) is 0 Å². The minimum absolute atomic E-state index is 0.288. The fourth-order valence-corrected chi connectivity index (χ4v) is 3.34. The van der Waals surface area contributed by atoms with E-state index in [1.807, 2.05) is 0 Å². The van der Waals surface area contributed by atoms with Gasteiger partial charge in [0.2, 0.25) is 0 Å². The summed E-state index contributed by atoms with van der Waals surface area (Å²) in [5, 5.41) is 0. The quantitative estimate of drug-likeness (QED) is 0.466. The molecule has 25 heavy (non-hydrogen) atoms. The summed E-state index contributed by atoms with van der Waals surface area (Å²) in [6.45, 7) is 3.10. The molecule has 1 amide bonds. The molecule has 11 heteroatoms. The third-order valence-corrected chi connectivity index (χ3v) is 4.42. The van der Waals surface area contributed by atoms with Crippen molar-refractivity contribution in [2.24, 2.45) is 5.73 Å². The van der Waals surface area contributed by atoms with Crippen molar-refractivity contribution in [3.05, 3.63) is 30.1 Å². The molecule has 2 fully saturated rings. The molecule has 3 rings (SSSR count). The summed E-state index contributed by atoms with van der Waals surface area (Å²) < 4.78 is 34.6. The molecule has 4 N–H and O–H groups in total. The molecular weight excluding hydrogens is 355 g/mol. The fourth-order valence-electron chi connectivity index (χ4n) is 3.00. The van der Waals surface area contributed by atoms with Gasteiger partial charge in [-0.25, -0.2) is 4.57 Å². The molecule has 0 saturated carbocycles. The lowest BCUT2D eigenvalue weighted by Crippen LogP contribution is -2.46. The van der Waals surface area contributed by atoms with Crippen molar-refractivity contribution >= 4 is 13.7 Å². The van der Waals surface area contributed by atoms with Gasteiger partial charge in [0.05, 0.1) is 6.61 Å². The number of aromatic nitrogens is 1. The van der Waals surface area contributed by atoms with Crippen LogP contribution in [0.4, 0.5) is 0 Å². The van der Waals surface area contributed by atoms with Crippen molar-refractivity contribution in [1.29, 1.82) is 0 Å². The van der Waals surface area contributed by atoms with E-state index in [-0.39, 0.29) is 12.2 Å². The van der Waals surface area contributed by atoms with E-state index >= 15 is 0 Å². The zero-order valence-electron chi connectivity index (χ0n) is 13.6. The number of ether oxygens (including phenoxy) is 3. The maximum absolute atomic E-state index is 11.4. The Kier molecular flexibility index (Phi) is 4.71. The van der Waals surface area contributed by atoms with E-state index in [4.69, 9.17) is 29.7 Å². The first-order valence-electron chi connectivity index (χ1n) is 7.57. The van der Waals surface area contributed by atoms with Crippen LogP contribution in [-0.4, -0.2) is 46.4 Å². The van der Waals surface area contributed by atoms with Gasteiger partial charge < -0.3 is 29.7 Å². The number of fused-ring (bicyclic) bond motifs is 1. The van der Waals surface area contributed by atoms with Crippen LogP contribution in [-0.2, 0) is 23.3 Å². The average Bonchev–Trinajstić information content (AvgIpc) is 2.97. The van der Waals surface area contributed by atoms with E-state index < -0.39 is 44.1 Å². The van der Waals surface area contributed by atoms with Gasteiger partial charge in [-0.1, -0.05) is 0 Å². The predicted octanol–water partition coefficient (Wildman–Crippen LogP) is -0.400. The molecule has 0 aliphatic carbocycles. The van der Waals surface area contributed by atoms with Crippen LogP contribution in [0.15, 0.2) is 24.5 Å². The van der Waals surface area contributed by atoms with Gasteiger partial charge in [-0.05, 0) is 19.9 Å². The smallest absolute Gasteiger partial charge is 0.365 e. The van der Waals surface area contributed by atoms with E-state index in [1.54, 1.807) is 36.7 Å². The molecule has 4 atom stereocenters. The molecule has 10 nitrogen and oxygen atoms in total. The zero-order chi connectivity index (χ0) is 18.4. The van der Waals surface area contributed by atoms with Gasteiger partial charge in [-0.15, -0.1) is 0 Å². The molecular formula is C14H20N2O8P+. The maximum atomic E-state index is 11.4. The van der Waals surface area contributed by atoms with Crippen LogP contribution in [0.1, 0.15) is 30.4 Å². The maximum Gasteiger partial charge on any atom is 0.469 e. The first kappa shape index (κ1) is 18.4. The predicted molar refractivity (Wildman–Crippen MR) is 80.9 cm³/mol. The molecule has 0 spiro atoms. The number of hydrogen-bond donors (Lipinski definition) is 3. The molecule has 2 saturated heterocycles. The molecule has 1 aromatic heterocycles. The number of nitrogens with two attached hydrogens (primary N) is 1. The molecule has 0 radical (unpaired) electrons. The molecule has 1 aromatic rings. The largest absolute Gasteiger partial charge is 0.469 e. The van der Waals surface area contributed by atoms with Crippen molar-refractivity contribution in [3.63, 3.8) is 0 Å². The minimum Gasteiger partial charge on any atom is -0.365 e. The van der Waals surface area contributed by atoms with E-state index in [9.17, 15) is 9.36 Å². The highest BCUT2D eigenvalue weighted by atomic mass is 31.2. The van der Waals surface area contributed by atoms with Crippen LogP contribution in [0.2, 0.25) is 0 Å². The fraction of sp³-hybridized carbons (Fsp3) is 0.571. The van der Waals surface area contributed by atoms with Gasteiger partial charge in [-0.3, -0.25) is 9.32 Å². The summed E-state index contributed by atoms with van der Waals surface area (Å²) in [5.41, 5.74) is 5.59. The van der Waals surface area contributed by atoms with Gasteiger partial charge in [0.15, 0.2) is 24.3 Å². The Morgan fingerprint density at radius 2 is 2.08 bits per heavy atom. The Morgan fingerprint density at radius 1 is 1.40 bits per heavy atom. The Hall–Kier alpha value is -1.39. The number of amides is 1. The highest BCUT2D eigenvalue weighted by Crippen LogP contribution is 2.43. The van der Waals surface area contributed by atoms with Crippen molar-refractivity contribution < 1.29 is 42.4 Å². The van der Waals surface area contributed by atoms with E-state index in [1.165, 1.54) is 6.20 Å².